The van der Waals surface area contributed by atoms with Crippen molar-refractivity contribution in [3.63, 3.8) is 0 Å². The van der Waals surface area contributed by atoms with Crippen LogP contribution in [0.15, 0.2) is 59.0 Å². The molecule has 156 valence electrons. The topological polar surface area (TPSA) is 31.6 Å². The zero-order chi connectivity index (χ0) is 21.8. The van der Waals surface area contributed by atoms with E-state index in [0.717, 1.165) is 16.6 Å². The molecule has 6 rings (SSSR count). The van der Waals surface area contributed by atoms with Gasteiger partial charge in [-0.05, 0) is 67.5 Å². The summed E-state index contributed by atoms with van der Waals surface area (Å²) in [5.41, 5.74) is 7.36. The Bertz CT molecular complexity index is 1360. The lowest BCUT2D eigenvalue weighted by Crippen LogP contribution is -2.41. The van der Waals surface area contributed by atoms with Crippen molar-refractivity contribution in [2.75, 3.05) is 0 Å². The molecule has 0 amide bonds. The van der Waals surface area contributed by atoms with E-state index in [2.05, 4.69) is 84.0 Å². The Morgan fingerprint density at radius 2 is 1.42 bits per heavy atom. The lowest BCUT2D eigenvalue weighted by atomic mass is 9.74. The maximum atomic E-state index is 6.33. The summed E-state index contributed by atoms with van der Waals surface area (Å²) in [4.78, 5) is 0. The zero-order valence-corrected chi connectivity index (χ0v) is 19.0. The van der Waals surface area contributed by atoms with E-state index in [0.29, 0.717) is 0 Å². The van der Waals surface area contributed by atoms with Gasteiger partial charge >= 0.3 is 7.12 Å². The average molecular weight is 410 g/mol. The highest BCUT2D eigenvalue weighted by atomic mass is 16.7. The predicted octanol–water partition coefficient (Wildman–Crippen LogP) is 6.19. The first kappa shape index (κ1) is 19.2. The fraction of sp³-hybridized carbons (Fsp3) is 0.333. The Kier molecular flexibility index (Phi) is 3.59. The lowest BCUT2D eigenvalue weighted by molar-refractivity contribution is 0.00578. The van der Waals surface area contributed by atoms with Gasteiger partial charge in [-0.2, -0.15) is 0 Å². The Morgan fingerprint density at radius 3 is 2.16 bits per heavy atom. The summed E-state index contributed by atoms with van der Waals surface area (Å²) in [6.45, 7) is 13.0. The molecule has 0 bridgehead atoms. The largest absolute Gasteiger partial charge is 0.494 e. The van der Waals surface area contributed by atoms with Crippen LogP contribution in [0.25, 0.3) is 33.1 Å². The van der Waals surface area contributed by atoms with Crippen LogP contribution in [0.5, 0.6) is 0 Å². The molecule has 0 N–H and O–H groups in total. The highest BCUT2D eigenvalue weighted by Crippen LogP contribution is 2.52. The number of hydrogen-bond donors (Lipinski definition) is 0. The quantitative estimate of drug-likeness (QED) is 0.351. The summed E-state index contributed by atoms with van der Waals surface area (Å²) in [6.07, 6.45) is 0. The minimum atomic E-state index is -0.357. The molecule has 0 atom stereocenters. The number of hydrogen-bond acceptors (Lipinski definition) is 3. The molecule has 1 aliphatic heterocycles. The van der Waals surface area contributed by atoms with Crippen molar-refractivity contribution >= 4 is 34.5 Å². The van der Waals surface area contributed by atoms with Gasteiger partial charge in [0.2, 0.25) is 0 Å². The second-order valence-corrected chi connectivity index (χ2v) is 10.5. The molecule has 0 unspecified atom stereocenters. The molecular formula is C27H27BO3. The van der Waals surface area contributed by atoms with E-state index >= 15 is 0 Å². The van der Waals surface area contributed by atoms with E-state index < -0.39 is 0 Å². The van der Waals surface area contributed by atoms with E-state index in [4.69, 9.17) is 13.7 Å². The highest BCUT2D eigenvalue weighted by molar-refractivity contribution is 6.62. The third kappa shape index (κ3) is 2.43. The predicted molar refractivity (Wildman–Crippen MR) is 127 cm³/mol. The monoisotopic (exact) mass is 410 g/mol. The molecule has 3 nitrogen and oxygen atoms in total. The van der Waals surface area contributed by atoms with Crippen LogP contribution in [0.4, 0.5) is 0 Å². The maximum absolute atomic E-state index is 6.33. The number of fused-ring (bicyclic) bond motifs is 7. The van der Waals surface area contributed by atoms with Crippen LogP contribution in [-0.4, -0.2) is 18.3 Å². The van der Waals surface area contributed by atoms with Crippen molar-refractivity contribution < 1.29 is 13.7 Å². The van der Waals surface area contributed by atoms with Gasteiger partial charge in [0, 0.05) is 16.2 Å². The van der Waals surface area contributed by atoms with Crippen LogP contribution in [0, 0.1) is 0 Å². The molecule has 0 radical (unpaired) electrons. The van der Waals surface area contributed by atoms with Gasteiger partial charge in [-0.3, -0.25) is 0 Å². The van der Waals surface area contributed by atoms with Gasteiger partial charge < -0.3 is 13.7 Å². The second kappa shape index (κ2) is 5.82. The highest BCUT2D eigenvalue weighted by Gasteiger charge is 2.52. The first-order valence-electron chi connectivity index (χ1n) is 11.1. The lowest BCUT2D eigenvalue weighted by Gasteiger charge is -2.32. The normalized spacial score (nSPS) is 20.4. The maximum Gasteiger partial charge on any atom is 0.494 e. The Labute approximate surface area is 183 Å². The van der Waals surface area contributed by atoms with Gasteiger partial charge in [0.1, 0.15) is 11.2 Å². The molecule has 0 spiro atoms. The van der Waals surface area contributed by atoms with Gasteiger partial charge in [-0.15, -0.1) is 0 Å². The summed E-state index contributed by atoms with van der Waals surface area (Å²) >= 11 is 0. The Morgan fingerprint density at radius 1 is 0.710 bits per heavy atom. The van der Waals surface area contributed by atoms with Gasteiger partial charge in [0.05, 0.1) is 11.2 Å². The molecule has 3 aromatic carbocycles. The molecule has 1 saturated heterocycles. The van der Waals surface area contributed by atoms with Crippen molar-refractivity contribution in [3.8, 4) is 11.1 Å². The van der Waals surface area contributed by atoms with E-state index in [-0.39, 0.29) is 23.7 Å². The number of furan rings is 1. The van der Waals surface area contributed by atoms with Crippen molar-refractivity contribution in [1.29, 1.82) is 0 Å². The minimum absolute atomic E-state index is 0.114. The summed E-state index contributed by atoms with van der Waals surface area (Å²) < 4.78 is 18.8. The van der Waals surface area contributed by atoms with Crippen LogP contribution >= 0.6 is 0 Å². The van der Waals surface area contributed by atoms with E-state index in [1.165, 1.54) is 33.0 Å². The van der Waals surface area contributed by atoms with Gasteiger partial charge in [-0.1, -0.05) is 56.3 Å². The summed E-state index contributed by atoms with van der Waals surface area (Å²) in [7, 11) is -0.357. The van der Waals surface area contributed by atoms with E-state index in [1.807, 2.05) is 12.1 Å². The van der Waals surface area contributed by atoms with Crippen LogP contribution in [0.1, 0.15) is 52.7 Å². The standard InChI is InChI=1S/C27H27BO3/c1-25(2)19-13-14-22-24(18-9-7-8-10-21(18)29-22)23(19)17-12-11-16(15-20(17)25)28-30-26(3,4)27(5,6)31-28/h7-15H,1-6H3. The van der Waals surface area contributed by atoms with Gasteiger partial charge in [-0.25, -0.2) is 0 Å². The van der Waals surface area contributed by atoms with Crippen LogP contribution < -0.4 is 5.46 Å². The van der Waals surface area contributed by atoms with Crippen LogP contribution in [0.2, 0.25) is 0 Å². The molecular weight excluding hydrogens is 383 g/mol. The van der Waals surface area contributed by atoms with Crippen molar-refractivity contribution in [2.24, 2.45) is 0 Å². The fourth-order valence-corrected chi connectivity index (χ4v) is 5.19. The Balaban J connectivity index is 1.56. The number of para-hydroxylation sites is 1. The Hall–Kier alpha value is -2.56. The molecule has 31 heavy (non-hydrogen) atoms. The van der Waals surface area contributed by atoms with Crippen LogP contribution in [0.3, 0.4) is 0 Å². The van der Waals surface area contributed by atoms with Gasteiger partial charge in [0.15, 0.2) is 0 Å². The van der Waals surface area contributed by atoms with Gasteiger partial charge in [0.25, 0.3) is 0 Å². The fourth-order valence-electron chi connectivity index (χ4n) is 5.19. The molecule has 1 aliphatic carbocycles. The number of benzene rings is 3. The summed E-state index contributed by atoms with van der Waals surface area (Å²) in [5.74, 6) is 0. The summed E-state index contributed by atoms with van der Waals surface area (Å²) in [5, 5.41) is 2.39. The van der Waals surface area contributed by atoms with Crippen molar-refractivity contribution in [3.05, 3.63) is 65.7 Å². The second-order valence-electron chi connectivity index (χ2n) is 10.5. The van der Waals surface area contributed by atoms with Crippen molar-refractivity contribution in [2.45, 2.75) is 58.2 Å². The molecule has 2 aliphatic rings. The average Bonchev–Trinajstić information content (AvgIpc) is 3.27. The molecule has 4 aromatic rings. The molecule has 1 aromatic heterocycles. The minimum Gasteiger partial charge on any atom is -0.456 e. The molecule has 4 heteroatoms. The van der Waals surface area contributed by atoms with E-state index in [9.17, 15) is 0 Å². The van der Waals surface area contributed by atoms with E-state index in [1.54, 1.807) is 0 Å². The number of rotatable bonds is 1. The third-order valence-corrected chi connectivity index (χ3v) is 7.73. The zero-order valence-electron chi connectivity index (χ0n) is 19.0. The third-order valence-electron chi connectivity index (χ3n) is 7.73. The van der Waals surface area contributed by atoms with Crippen molar-refractivity contribution in [1.82, 2.24) is 0 Å². The first-order valence-corrected chi connectivity index (χ1v) is 11.1. The molecule has 0 saturated carbocycles. The smallest absolute Gasteiger partial charge is 0.456 e. The van der Waals surface area contributed by atoms with Crippen LogP contribution in [-0.2, 0) is 14.7 Å². The SMILES string of the molecule is CC1(C)c2cc(B3OC(C)(C)C(C)(C)O3)ccc2-c2c1ccc1oc3ccccc3c21. The summed E-state index contributed by atoms with van der Waals surface area (Å²) in [6, 6.07) is 19.4. The molecule has 2 heterocycles. The molecule has 1 fully saturated rings. The first-order chi connectivity index (χ1) is 14.6.